The maximum Gasteiger partial charge on any atom is 0.240 e. The Morgan fingerprint density at radius 3 is 2.67 bits per heavy atom. The molecule has 6 heteroatoms. The Balaban J connectivity index is 2.17. The lowest BCUT2D eigenvalue weighted by molar-refractivity contribution is 0.581. The minimum Gasteiger partial charge on any atom is -0.248 e. The van der Waals surface area contributed by atoms with Gasteiger partial charge in [0.05, 0.1) is 11.4 Å². The van der Waals surface area contributed by atoms with Crippen LogP contribution in [0.2, 0.25) is 0 Å². The van der Waals surface area contributed by atoms with Gasteiger partial charge in [0, 0.05) is 11.6 Å². The quantitative estimate of drug-likeness (QED) is 0.935. The number of thiazole rings is 1. The summed E-state index contributed by atoms with van der Waals surface area (Å²) in [7, 11) is -3.46. The van der Waals surface area contributed by atoms with Gasteiger partial charge in [-0.3, -0.25) is 0 Å². The highest BCUT2D eigenvalue weighted by Crippen LogP contribution is 2.15. The molecule has 0 radical (unpaired) electrons. The number of rotatable bonds is 4. The van der Waals surface area contributed by atoms with Crippen molar-refractivity contribution in [2.24, 2.45) is 0 Å². The Morgan fingerprint density at radius 1 is 1.28 bits per heavy atom. The van der Waals surface area contributed by atoms with Crippen LogP contribution in [-0.2, 0) is 16.6 Å². The summed E-state index contributed by atoms with van der Waals surface area (Å²) in [4.78, 5) is 4.33. The predicted molar refractivity (Wildman–Crippen MR) is 72.1 cm³/mol. The Bertz CT molecular complexity index is 634. The maximum atomic E-state index is 12.1. The fourth-order valence-electron chi connectivity index (χ4n) is 1.46. The molecule has 2 rings (SSSR count). The fraction of sp³-hybridized carbons (Fsp3) is 0.250. The first-order chi connectivity index (χ1) is 8.49. The van der Waals surface area contributed by atoms with Crippen LogP contribution in [0.25, 0.3) is 0 Å². The van der Waals surface area contributed by atoms with Crippen molar-refractivity contribution in [2.45, 2.75) is 25.3 Å². The van der Waals surface area contributed by atoms with E-state index in [2.05, 4.69) is 9.71 Å². The SMILES string of the molecule is Cc1ccc(S(=O)(=O)NCc2nccs2)cc1C. The summed E-state index contributed by atoms with van der Waals surface area (Å²) >= 11 is 1.43. The zero-order valence-corrected chi connectivity index (χ0v) is 11.8. The number of benzene rings is 1. The molecular formula is C12H14N2O2S2. The molecule has 96 valence electrons. The summed E-state index contributed by atoms with van der Waals surface area (Å²) in [5.41, 5.74) is 2.04. The van der Waals surface area contributed by atoms with Crippen LogP contribution in [0.5, 0.6) is 0 Å². The highest BCUT2D eigenvalue weighted by molar-refractivity contribution is 7.89. The van der Waals surface area contributed by atoms with Gasteiger partial charge in [-0.15, -0.1) is 11.3 Å². The van der Waals surface area contributed by atoms with E-state index in [0.29, 0.717) is 4.90 Å². The molecule has 0 aliphatic rings. The first-order valence-corrected chi connectivity index (χ1v) is 7.80. The van der Waals surface area contributed by atoms with Crippen molar-refractivity contribution in [1.82, 2.24) is 9.71 Å². The monoisotopic (exact) mass is 282 g/mol. The number of aryl methyl sites for hydroxylation is 2. The molecule has 0 bridgehead atoms. The Morgan fingerprint density at radius 2 is 2.06 bits per heavy atom. The van der Waals surface area contributed by atoms with E-state index < -0.39 is 10.0 Å². The van der Waals surface area contributed by atoms with Gasteiger partial charge in [0.2, 0.25) is 10.0 Å². The number of nitrogens with zero attached hydrogens (tertiary/aromatic N) is 1. The van der Waals surface area contributed by atoms with E-state index in [9.17, 15) is 8.42 Å². The normalized spacial score (nSPS) is 11.7. The summed E-state index contributed by atoms with van der Waals surface area (Å²) in [5.74, 6) is 0. The Labute approximate surface area is 111 Å². The van der Waals surface area contributed by atoms with Crippen LogP contribution in [0, 0.1) is 13.8 Å². The molecule has 1 aromatic carbocycles. The van der Waals surface area contributed by atoms with Crippen molar-refractivity contribution in [1.29, 1.82) is 0 Å². The summed E-state index contributed by atoms with van der Waals surface area (Å²) in [6.45, 7) is 4.08. The van der Waals surface area contributed by atoms with Crippen LogP contribution in [0.3, 0.4) is 0 Å². The Kier molecular flexibility index (Phi) is 3.79. The smallest absolute Gasteiger partial charge is 0.240 e. The van der Waals surface area contributed by atoms with Crippen molar-refractivity contribution in [2.75, 3.05) is 0 Å². The molecule has 2 aromatic rings. The summed E-state index contributed by atoms with van der Waals surface area (Å²) in [6.07, 6.45) is 1.66. The zero-order chi connectivity index (χ0) is 13.2. The fourth-order valence-corrected chi connectivity index (χ4v) is 3.18. The molecule has 0 spiro atoms. The Hall–Kier alpha value is -1.24. The third-order valence-corrected chi connectivity index (χ3v) is 4.86. The van der Waals surface area contributed by atoms with Gasteiger partial charge < -0.3 is 0 Å². The second kappa shape index (κ2) is 5.17. The van der Waals surface area contributed by atoms with E-state index in [1.807, 2.05) is 25.3 Å². The van der Waals surface area contributed by atoms with Crippen LogP contribution in [0.15, 0.2) is 34.7 Å². The molecular weight excluding hydrogens is 268 g/mol. The van der Waals surface area contributed by atoms with Crippen LogP contribution in [0.4, 0.5) is 0 Å². The van der Waals surface area contributed by atoms with Gasteiger partial charge in [0.15, 0.2) is 0 Å². The van der Waals surface area contributed by atoms with Gasteiger partial charge in [0.25, 0.3) is 0 Å². The lowest BCUT2D eigenvalue weighted by Gasteiger charge is -2.07. The van der Waals surface area contributed by atoms with E-state index in [4.69, 9.17) is 0 Å². The van der Waals surface area contributed by atoms with Gasteiger partial charge >= 0.3 is 0 Å². The third kappa shape index (κ3) is 2.95. The van der Waals surface area contributed by atoms with E-state index in [1.165, 1.54) is 11.3 Å². The lowest BCUT2D eigenvalue weighted by atomic mass is 10.1. The average molecular weight is 282 g/mol. The van der Waals surface area contributed by atoms with Gasteiger partial charge in [0.1, 0.15) is 5.01 Å². The number of hydrogen-bond acceptors (Lipinski definition) is 4. The molecule has 18 heavy (non-hydrogen) atoms. The van der Waals surface area contributed by atoms with Gasteiger partial charge in [-0.1, -0.05) is 6.07 Å². The summed E-state index contributed by atoms with van der Waals surface area (Å²) in [6, 6.07) is 5.11. The van der Waals surface area contributed by atoms with Gasteiger partial charge in [-0.25, -0.2) is 18.1 Å². The van der Waals surface area contributed by atoms with E-state index >= 15 is 0 Å². The zero-order valence-electron chi connectivity index (χ0n) is 10.2. The molecule has 1 N–H and O–H groups in total. The van der Waals surface area contributed by atoms with E-state index in [0.717, 1.165) is 16.1 Å². The molecule has 0 saturated carbocycles. The van der Waals surface area contributed by atoms with Crippen molar-refractivity contribution in [3.8, 4) is 0 Å². The van der Waals surface area contributed by atoms with Gasteiger partial charge in [-0.2, -0.15) is 0 Å². The molecule has 0 amide bonds. The van der Waals surface area contributed by atoms with Crippen LogP contribution in [-0.4, -0.2) is 13.4 Å². The summed E-state index contributed by atoms with van der Waals surface area (Å²) < 4.78 is 26.7. The number of sulfonamides is 1. The number of nitrogens with one attached hydrogen (secondary N) is 1. The first kappa shape index (κ1) is 13.2. The average Bonchev–Trinajstić information content (AvgIpc) is 2.83. The van der Waals surface area contributed by atoms with E-state index in [-0.39, 0.29) is 6.54 Å². The van der Waals surface area contributed by atoms with Crippen molar-refractivity contribution < 1.29 is 8.42 Å². The van der Waals surface area contributed by atoms with Gasteiger partial charge in [-0.05, 0) is 37.1 Å². The number of aromatic nitrogens is 1. The minimum atomic E-state index is -3.46. The molecule has 4 nitrogen and oxygen atoms in total. The molecule has 1 heterocycles. The molecule has 0 aliphatic heterocycles. The van der Waals surface area contributed by atoms with Crippen LogP contribution >= 0.6 is 11.3 Å². The minimum absolute atomic E-state index is 0.229. The second-order valence-corrected chi connectivity index (χ2v) is 6.74. The number of hydrogen-bond donors (Lipinski definition) is 1. The predicted octanol–water partition coefficient (Wildman–Crippen LogP) is 2.24. The molecule has 0 unspecified atom stereocenters. The van der Waals surface area contributed by atoms with Crippen molar-refractivity contribution in [3.63, 3.8) is 0 Å². The highest BCUT2D eigenvalue weighted by Gasteiger charge is 2.14. The molecule has 1 aromatic heterocycles. The topological polar surface area (TPSA) is 59.1 Å². The highest BCUT2D eigenvalue weighted by atomic mass is 32.2. The van der Waals surface area contributed by atoms with E-state index in [1.54, 1.807) is 18.3 Å². The summed E-state index contributed by atoms with van der Waals surface area (Å²) in [5, 5.41) is 2.57. The van der Waals surface area contributed by atoms with Crippen LogP contribution < -0.4 is 4.72 Å². The molecule has 0 atom stereocenters. The lowest BCUT2D eigenvalue weighted by Crippen LogP contribution is -2.23. The first-order valence-electron chi connectivity index (χ1n) is 5.44. The van der Waals surface area contributed by atoms with Crippen LogP contribution in [0.1, 0.15) is 16.1 Å². The largest absolute Gasteiger partial charge is 0.248 e. The molecule has 0 fully saturated rings. The standard InChI is InChI=1S/C12H14N2O2S2/c1-9-3-4-11(7-10(9)2)18(15,16)14-8-12-13-5-6-17-12/h3-7,14H,8H2,1-2H3. The molecule has 0 saturated heterocycles. The third-order valence-electron chi connectivity index (χ3n) is 2.69. The maximum absolute atomic E-state index is 12.1. The molecule has 0 aliphatic carbocycles. The van der Waals surface area contributed by atoms with Crippen molar-refractivity contribution in [3.05, 3.63) is 45.9 Å². The van der Waals surface area contributed by atoms with Crippen molar-refractivity contribution >= 4 is 21.4 Å². The second-order valence-electron chi connectivity index (χ2n) is 4.00.